The van der Waals surface area contributed by atoms with Crippen LogP contribution in [0.2, 0.25) is 0 Å². The van der Waals surface area contributed by atoms with Crippen molar-refractivity contribution in [2.24, 2.45) is 5.16 Å². The summed E-state index contributed by atoms with van der Waals surface area (Å²) in [7, 11) is -3.52. The highest BCUT2D eigenvalue weighted by Gasteiger charge is 2.29. The summed E-state index contributed by atoms with van der Waals surface area (Å²) >= 11 is 0. The quantitative estimate of drug-likeness (QED) is 0.474. The van der Waals surface area contributed by atoms with E-state index in [9.17, 15) is 13.5 Å². The molecule has 5 nitrogen and oxygen atoms in total. The number of nitrogens with zero attached hydrogens (tertiary/aromatic N) is 1. The van der Waals surface area contributed by atoms with Gasteiger partial charge in [0.25, 0.3) is 0 Å². The molecule has 1 aromatic rings. The molecule has 100 valence electrons. The second-order valence-electron chi connectivity index (χ2n) is 3.97. The van der Waals surface area contributed by atoms with E-state index >= 15 is 0 Å². The highest BCUT2D eigenvalue weighted by molar-refractivity contribution is 7.92. The van der Waals surface area contributed by atoms with Gasteiger partial charge in [0.15, 0.2) is 9.84 Å². The molecule has 0 aliphatic carbocycles. The van der Waals surface area contributed by atoms with Gasteiger partial charge < -0.3 is 10.3 Å². The largest absolute Gasteiger partial charge is 0.411 e. The van der Waals surface area contributed by atoms with Gasteiger partial charge in [0.2, 0.25) is 0 Å². The number of aliphatic hydroxyl groups is 1. The van der Waals surface area contributed by atoms with Gasteiger partial charge in [0, 0.05) is 11.3 Å². The first-order chi connectivity index (χ1) is 8.46. The smallest absolute Gasteiger partial charge is 0.161 e. The van der Waals surface area contributed by atoms with Crippen molar-refractivity contribution < 1.29 is 18.7 Å². The molecule has 0 aliphatic rings. The Bertz CT molecular complexity index is 520. The van der Waals surface area contributed by atoms with Gasteiger partial charge in [-0.25, -0.2) is 8.42 Å². The van der Waals surface area contributed by atoms with Crippen LogP contribution in [0.5, 0.6) is 0 Å². The summed E-state index contributed by atoms with van der Waals surface area (Å²) in [5.41, 5.74) is 1.47. The monoisotopic (exact) mass is 271 g/mol. The molecule has 0 fully saturated rings. The molecule has 6 heteroatoms. The van der Waals surface area contributed by atoms with Crippen molar-refractivity contribution in [3.05, 3.63) is 35.4 Å². The number of oxime groups is 1. The molecule has 0 saturated heterocycles. The van der Waals surface area contributed by atoms with Crippen molar-refractivity contribution in [3.8, 4) is 0 Å². The lowest BCUT2D eigenvalue weighted by molar-refractivity contribution is 0.296. The first kappa shape index (κ1) is 14.7. The highest BCUT2D eigenvalue weighted by Crippen LogP contribution is 2.13. The van der Waals surface area contributed by atoms with E-state index in [1.54, 1.807) is 24.3 Å². The van der Waals surface area contributed by atoms with Crippen LogP contribution in [-0.2, 0) is 9.84 Å². The molecule has 0 aromatic heterocycles. The number of benzene rings is 1. The fourth-order valence-electron chi connectivity index (χ4n) is 1.60. The first-order valence-electron chi connectivity index (χ1n) is 5.57. The van der Waals surface area contributed by atoms with Crippen LogP contribution in [0.1, 0.15) is 18.1 Å². The third-order valence-corrected chi connectivity index (χ3v) is 4.81. The standard InChI is InChI=1S/C12H17NO4S/c1-3-18(16,17)11(8-14)12(13-15)10-6-4-9(2)5-7-10/h4-7,11,14-15H,3,8H2,1-2H3. The molecular weight excluding hydrogens is 254 g/mol. The highest BCUT2D eigenvalue weighted by atomic mass is 32.2. The second kappa shape index (κ2) is 5.97. The summed E-state index contributed by atoms with van der Waals surface area (Å²) in [4.78, 5) is 0. The summed E-state index contributed by atoms with van der Waals surface area (Å²) in [6, 6.07) is 6.90. The van der Waals surface area contributed by atoms with E-state index in [1.807, 2.05) is 6.92 Å². The van der Waals surface area contributed by atoms with E-state index in [2.05, 4.69) is 5.16 Å². The zero-order chi connectivity index (χ0) is 13.8. The topological polar surface area (TPSA) is 87.0 Å². The zero-order valence-electron chi connectivity index (χ0n) is 10.4. The predicted molar refractivity (Wildman–Crippen MR) is 69.8 cm³/mol. The average Bonchev–Trinajstić information content (AvgIpc) is 2.36. The molecule has 1 aromatic carbocycles. The fourth-order valence-corrected chi connectivity index (χ4v) is 2.76. The number of aryl methyl sites for hydroxylation is 1. The van der Waals surface area contributed by atoms with Gasteiger partial charge in [-0.15, -0.1) is 0 Å². The van der Waals surface area contributed by atoms with Crippen molar-refractivity contribution in [2.45, 2.75) is 19.1 Å². The maximum Gasteiger partial charge on any atom is 0.161 e. The molecule has 0 bridgehead atoms. The molecule has 0 saturated carbocycles. The third-order valence-electron chi connectivity index (χ3n) is 2.76. The van der Waals surface area contributed by atoms with E-state index in [-0.39, 0.29) is 11.5 Å². The van der Waals surface area contributed by atoms with Gasteiger partial charge in [-0.3, -0.25) is 0 Å². The van der Waals surface area contributed by atoms with Crippen LogP contribution in [0.4, 0.5) is 0 Å². The van der Waals surface area contributed by atoms with Crippen molar-refractivity contribution in [2.75, 3.05) is 12.4 Å². The molecule has 0 heterocycles. The number of aliphatic hydroxyl groups excluding tert-OH is 1. The molecule has 18 heavy (non-hydrogen) atoms. The Hall–Kier alpha value is -1.40. The van der Waals surface area contributed by atoms with Crippen LogP contribution in [-0.4, -0.2) is 42.1 Å². The number of sulfone groups is 1. The fraction of sp³-hybridized carbons (Fsp3) is 0.417. The van der Waals surface area contributed by atoms with Crippen molar-refractivity contribution in [3.63, 3.8) is 0 Å². The van der Waals surface area contributed by atoms with Gasteiger partial charge in [0.1, 0.15) is 11.0 Å². The Labute approximate surface area is 107 Å². The molecule has 2 N–H and O–H groups in total. The Morgan fingerprint density at radius 2 is 1.89 bits per heavy atom. The van der Waals surface area contributed by atoms with Crippen molar-refractivity contribution >= 4 is 15.5 Å². The van der Waals surface area contributed by atoms with Gasteiger partial charge in [-0.1, -0.05) is 41.9 Å². The van der Waals surface area contributed by atoms with Crippen LogP contribution in [0.3, 0.4) is 0 Å². The minimum Gasteiger partial charge on any atom is -0.411 e. The van der Waals surface area contributed by atoms with Crippen LogP contribution in [0, 0.1) is 6.92 Å². The van der Waals surface area contributed by atoms with Gasteiger partial charge >= 0.3 is 0 Å². The lowest BCUT2D eigenvalue weighted by atomic mass is 10.1. The predicted octanol–water partition coefficient (Wildman–Crippen LogP) is 0.969. The molecule has 0 aliphatic heterocycles. The lowest BCUT2D eigenvalue weighted by Crippen LogP contribution is -2.35. The number of hydrogen-bond acceptors (Lipinski definition) is 5. The molecule has 0 spiro atoms. The minimum atomic E-state index is -3.52. The Balaban J connectivity index is 3.21. The van der Waals surface area contributed by atoms with E-state index in [0.717, 1.165) is 5.56 Å². The van der Waals surface area contributed by atoms with E-state index in [0.29, 0.717) is 5.56 Å². The van der Waals surface area contributed by atoms with E-state index in [1.165, 1.54) is 6.92 Å². The van der Waals surface area contributed by atoms with Crippen LogP contribution < -0.4 is 0 Å². The molecule has 1 unspecified atom stereocenters. The number of hydrogen-bond donors (Lipinski definition) is 2. The van der Waals surface area contributed by atoms with E-state index in [4.69, 9.17) is 5.21 Å². The molecule has 0 amide bonds. The summed E-state index contributed by atoms with van der Waals surface area (Å²) < 4.78 is 23.6. The van der Waals surface area contributed by atoms with Gasteiger partial charge in [0.05, 0.1) is 6.61 Å². The molecule has 0 radical (unpaired) electrons. The SMILES string of the molecule is CCS(=O)(=O)C(CO)C(=NO)c1ccc(C)cc1. The summed E-state index contributed by atoms with van der Waals surface area (Å²) in [6.45, 7) is 2.78. The zero-order valence-corrected chi connectivity index (χ0v) is 11.2. The van der Waals surface area contributed by atoms with Gasteiger partial charge in [-0.2, -0.15) is 0 Å². The normalized spacial score (nSPS) is 14.5. The van der Waals surface area contributed by atoms with Crippen molar-refractivity contribution in [1.29, 1.82) is 0 Å². The first-order valence-corrected chi connectivity index (χ1v) is 7.29. The third kappa shape index (κ3) is 3.08. The Morgan fingerprint density at radius 3 is 2.28 bits per heavy atom. The van der Waals surface area contributed by atoms with Crippen LogP contribution >= 0.6 is 0 Å². The summed E-state index contributed by atoms with van der Waals surface area (Å²) in [6.07, 6.45) is 0. The molecule has 1 rings (SSSR count). The Morgan fingerprint density at radius 1 is 1.33 bits per heavy atom. The maximum absolute atomic E-state index is 11.8. The Kier molecular flexibility index (Phi) is 4.86. The van der Waals surface area contributed by atoms with E-state index < -0.39 is 21.7 Å². The van der Waals surface area contributed by atoms with Gasteiger partial charge in [-0.05, 0) is 6.92 Å². The minimum absolute atomic E-state index is 0.0284. The van der Waals surface area contributed by atoms with Crippen LogP contribution in [0.15, 0.2) is 29.4 Å². The molecular formula is C12H17NO4S. The maximum atomic E-state index is 11.8. The summed E-state index contributed by atoms with van der Waals surface area (Å²) in [5.74, 6) is -0.122. The summed E-state index contributed by atoms with van der Waals surface area (Å²) in [5, 5.41) is 20.1. The second-order valence-corrected chi connectivity index (χ2v) is 6.45. The lowest BCUT2D eigenvalue weighted by Gasteiger charge is -2.15. The average molecular weight is 271 g/mol. The van der Waals surface area contributed by atoms with Crippen LogP contribution in [0.25, 0.3) is 0 Å². The number of rotatable bonds is 5. The molecule has 1 atom stereocenters. The van der Waals surface area contributed by atoms with Crippen molar-refractivity contribution in [1.82, 2.24) is 0 Å².